The topological polar surface area (TPSA) is 29.5 Å². The number of hydrogen-bond acceptors (Lipinski definition) is 2. The Hall–Kier alpha value is -0.303. The minimum absolute atomic E-state index is 0.0418. The first-order valence-electron chi connectivity index (χ1n) is 8.21. The summed E-state index contributed by atoms with van der Waals surface area (Å²) in [6.45, 7) is 19.6. The Morgan fingerprint density at radius 3 is 2.00 bits per heavy atom. The number of hydrogen-bond donors (Lipinski definition) is 1. The zero-order chi connectivity index (χ0) is 17.0. The van der Waals surface area contributed by atoms with Crippen molar-refractivity contribution in [2.45, 2.75) is 85.2 Å². The quantitative estimate of drug-likeness (QED) is 0.546. The van der Waals surface area contributed by atoms with E-state index in [-0.39, 0.29) is 23.0 Å². The first kappa shape index (κ1) is 20.7. The molecule has 21 heavy (non-hydrogen) atoms. The zero-order valence-corrected chi connectivity index (χ0v) is 16.5. The molecular formula is C18H36O2Si. The summed E-state index contributed by atoms with van der Waals surface area (Å²) in [5.41, 5.74) is 0. The molecule has 0 aliphatic rings. The van der Waals surface area contributed by atoms with E-state index in [0.29, 0.717) is 5.92 Å². The van der Waals surface area contributed by atoms with Gasteiger partial charge in [-0.1, -0.05) is 48.0 Å². The van der Waals surface area contributed by atoms with Gasteiger partial charge in [0.15, 0.2) is 8.32 Å². The van der Waals surface area contributed by atoms with Gasteiger partial charge in [-0.25, -0.2) is 0 Å². The molecule has 124 valence electrons. The Labute approximate surface area is 133 Å². The first-order valence-corrected chi connectivity index (χ1v) is 11.1. The summed E-state index contributed by atoms with van der Waals surface area (Å²) in [5.74, 6) is 2.97. The van der Waals surface area contributed by atoms with Crippen LogP contribution in [0.2, 0.25) is 18.1 Å². The van der Waals surface area contributed by atoms with Crippen molar-refractivity contribution in [2.24, 2.45) is 17.8 Å². The molecule has 0 aliphatic carbocycles. The Bertz CT molecular complexity index is 351. The monoisotopic (exact) mass is 312 g/mol. The summed E-state index contributed by atoms with van der Waals surface area (Å²) < 4.78 is 6.64. The van der Waals surface area contributed by atoms with Gasteiger partial charge in [0.1, 0.15) is 0 Å². The molecule has 0 saturated heterocycles. The van der Waals surface area contributed by atoms with E-state index in [1.54, 1.807) is 0 Å². The largest absolute Gasteiger partial charge is 0.413 e. The van der Waals surface area contributed by atoms with Crippen molar-refractivity contribution in [1.29, 1.82) is 0 Å². The summed E-state index contributed by atoms with van der Waals surface area (Å²) in [6.07, 6.45) is 6.06. The van der Waals surface area contributed by atoms with E-state index in [9.17, 15) is 5.11 Å². The molecule has 0 fully saturated rings. The highest BCUT2D eigenvalue weighted by atomic mass is 28.4. The third-order valence-corrected chi connectivity index (χ3v) is 9.75. The molecule has 0 rings (SSSR count). The predicted molar refractivity (Wildman–Crippen MR) is 94.7 cm³/mol. The second kappa shape index (κ2) is 7.81. The molecule has 0 radical (unpaired) electrons. The lowest BCUT2D eigenvalue weighted by molar-refractivity contribution is -0.0125. The molecule has 0 spiro atoms. The maximum absolute atomic E-state index is 10.5. The van der Waals surface area contributed by atoms with Crippen molar-refractivity contribution in [3.63, 3.8) is 0 Å². The van der Waals surface area contributed by atoms with Gasteiger partial charge in [0, 0.05) is 11.8 Å². The summed E-state index contributed by atoms with van der Waals surface area (Å²) >= 11 is 0. The van der Waals surface area contributed by atoms with E-state index >= 15 is 0 Å². The van der Waals surface area contributed by atoms with E-state index in [4.69, 9.17) is 10.8 Å². The van der Waals surface area contributed by atoms with Gasteiger partial charge in [-0.2, -0.15) is 0 Å². The van der Waals surface area contributed by atoms with Gasteiger partial charge in [-0.3, -0.25) is 0 Å². The molecule has 0 aromatic rings. The molecule has 0 saturated carbocycles. The maximum atomic E-state index is 10.5. The second-order valence-electron chi connectivity index (χ2n) is 8.03. The first-order chi connectivity index (χ1) is 9.39. The SMILES string of the molecule is C#C[C@@H](C)[C@@H](O)[C@@H](C)[C@@H](O[Si](C)(C)C(C)(C)C)[C@H](C)CC. The van der Waals surface area contributed by atoms with Crippen LogP contribution in [0.1, 0.15) is 54.9 Å². The van der Waals surface area contributed by atoms with Crippen LogP contribution in [0.25, 0.3) is 0 Å². The number of rotatable bonds is 7. The molecule has 5 atom stereocenters. The van der Waals surface area contributed by atoms with Crippen molar-refractivity contribution in [3.05, 3.63) is 0 Å². The molecule has 0 heterocycles. The van der Waals surface area contributed by atoms with Gasteiger partial charge < -0.3 is 9.53 Å². The normalized spacial score (nSPS) is 20.2. The lowest BCUT2D eigenvalue weighted by atomic mass is 9.84. The van der Waals surface area contributed by atoms with Crippen LogP contribution in [0.5, 0.6) is 0 Å². The third kappa shape index (κ3) is 5.43. The highest BCUT2D eigenvalue weighted by Gasteiger charge is 2.42. The molecule has 0 unspecified atom stereocenters. The number of aliphatic hydroxyl groups is 1. The fourth-order valence-electron chi connectivity index (χ4n) is 2.24. The van der Waals surface area contributed by atoms with Crippen LogP contribution in [0, 0.1) is 30.1 Å². The van der Waals surface area contributed by atoms with Crippen LogP contribution >= 0.6 is 0 Å². The van der Waals surface area contributed by atoms with Gasteiger partial charge in [0.05, 0.1) is 12.2 Å². The van der Waals surface area contributed by atoms with Crippen LogP contribution in [0.3, 0.4) is 0 Å². The molecule has 0 bridgehead atoms. The molecule has 0 aliphatic heterocycles. The maximum Gasteiger partial charge on any atom is 0.192 e. The summed E-state index contributed by atoms with van der Waals surface area (Å²) in [4.78, 5) is 0. The van der Waals surface area contributed by atoms with Crippen LogP contribution in [-0.4, -0.2) is 25.6 Å². The van der Waals surface area contributed by atoms with Crippen LogP contribution in [0.4, 0.5) is 0 Å². The molecule has 0 amide bonds. The van der Waals surface area contributed by atoms with Crippen LogP contribution in [0.15, 0.2) is 0 Å². The molecular weight excluding hydrogens is 276 g/mol. The average Bonchev–Trinajstić information content (AvgIpc) is 2.40. The lowest BCUT2D eigenvalue weighted by Gasteiger charge is -2.44. The number of terminal acetylenes is 1. The Balaban J connectivity index is 5.29. The average molecular weight is 313 g/mol. The molecule has 1 N–H and O–H groups in total. The lowest BCUT2D eigenvalue weighted by Crippen LogP contribution is -2.49. The zero-order valence-electron chi connectivity index (χ0n) is 15.5. The van der Waals surface area contributed by atoms with Crippen molar-refractivity contribution < 1.29 is 9.53 Å². The van der Waals surface area contributed by atoms with Crippen molar-refractivity contribution in [3.8, 4) is 12.3 Å². The predicted octanol–water partition coefficient (Wildman–Crippen LogP) is 4.69. The van der Waals surface area contributed by atoms with Crippen LogP contribution in [-0.2, 0) is 4.43 Å². The smallest absolute Gasteiger partial charge is 0.192 e. The van der Waals surface area contributed by atoms with Crippen LogP contribution < -0.4 is 0 Å². The van der Waals surface area contributed by atoms with Crippen molar-refractivity contribution in [1.82, 2.24) is 0 Å². The number of aliphatic hydroxyl groups excluding tert-OH is 1. The highest BCUT2D eigenvalue weighted by molar-refractivity contribution is 6.74. The van der Waals surface area contributed by atoms with Gasteiger partial charge in [0.2, 0.25) is 0 Å². The minimum atomic E-state index is -1.86. The molecule has 3 heteroatoms. The Kier molecular flexibility index (Phi) is 7.69. The Morgan fingerprint density at radius 1 is 1.19 bits per heavy atom. The Morgan fingerprint density at radius 2 is 1.67 bits per heavy atom. The fraction of sp³-hybridized carbons (Fsp3) is 0.889. The van der Waals surface area contributed by atoms with E-state index < -0.39 is 14.4 Å². The van der Waals surface area contributed by atoms with E-state index in [0.717, 1.165) is 6.42 Å². The van der Waals surface area contributed by atoms with Crippen molar-refractivity contribution >= 4 is 8.32 Å². The van der Waals surface area contributed by atoms with Gasteiger partial charge >= 0.3 is 0 Å². The second-order valence-corrected chi connectivity index (χ2v) is 12.8. The third-order valence-electron chi connectivity index (χ3n) is 5.27. The highest BCUT2D eigenvalue weighted by Crippen LogP contribution is 2.40. The summed E-state index contributed by atoms with van der Waals surface area (Å²) in [5, 5.41) is 10.7. The summed E-state index contributed by atoms with van der Waals surface area (Å²) in [7, 11) is -1.86. The van der Waals surface area contributed by atoms with E-state index in [2.05, 4.69) is 60.6 Å². The summed E-state index contributed by atoms with van der Waals surface area (Å²) in [6, 6.07) is 0. The van der Waals surface area contributed by atoms with E-state index in [1.807, 2.05) is 6.92 Å². The van der Waals surface area contributed by atoms with Gasteiger partial charge in [0.25, 0.3) is 0 Å². The van der Waals surface area contributed by atoms with Gasteiger partial charge in [-0.05, 0) is 31.0 Å². The minimum Gasteiger partial charge on any atom is -0.413 e. The van der Waals surface area contributed by atoms with E-state index in [1.165, 1.54) is 0 Å². The van der Waals surface area contributed by atoms with Crippen molar-refractivity contribution in [2.75, 3.05) is 0 Å². The molecule has 2 nitrogen and oxygen atoms in total. The molecule has 0 aromatic heterocycles. The standard InChI is InChI=1S/C18H36O2Si/c1-11-13(3)16(19)15(5)17(14(4)12-2)20-21(9,10)18(6,7)8/h1,13-17,19H,12H2,2-10H3/t13-,14-,15-,16-,17+/m1/s1. The fourth-order valence-corrected chi connectivity index (χ4v) is 3.72. The molecule has 0 aromatic carbocycles. The van der Waals surface area contributed by atoms with Gasteiger partial charge in [-0.15, -0.1) is 12.3 Å².